The van der Waals surface area contributed by atoms with Gasteiger partial charge in [0.1, 0.15) is 17.6 Å². The highest BCUT2D eigenvalue weighted by atomic mass is 19.1. The highest BCUT2D eigenvalue weighted by Gasteiger charge is 2.43. The first kappa shape index (κ1) is 24.7. The van der Waals surface area contributed by atoms with Gasteiger partial charge in [0.15, 0.2) is 5.69 Å². The number of fused-ring (bicyclic) bond motifs is 2. The highest BCUT2D eigenvalue weighted by molar-refractivity contribution is 6.01. The first-order valence-corrected chi connectivity index (χ1v) is 13.0. The Morgan fingerprint density at radius 1 is 1.19 bits per heavy atom. The molecule has 1 aromatic carbocycles. The summed E-state index contributed by atoms with van der Waals surface area (Å²) in [6.45, 7) is 5.93. The Hall–Kier alpha value is -3.01. The Labute approximate surface area is 209 Å². The molecule has 10 heteroatoms. The van der Waals surface area contributed by atoms with Crippen LogP contribution in [0.2, 0.25) is 0 Å². The average molecular weight is 500 g/mol. The summed E-state index contributed by atoms with van der Waals surface area (Å²) in [6, 6.07) is 2.40. The van der Waals surface area contributed by atoms with Crippen LogP contribution in [0, 0.1) is 17.7 Å². The lowest BCUT2D eigenvalue weighted by atomic mass is 9.75. The van der Waals surface area contributed by atoms with Crippen LogP contribution in [0.25, 0.3) is 0 Å². The number of benzene rings is 1. The van der Waals surface area contributed by atoms with E-state index < -0.39 is 11.9 Å². The van der Waals surface area contributed by atoms with Gasteiger partial charge in [0.25, 0.3) is 5.91 Å². The molecule has 2 aliphatic heterocycles. The molecule has 9 nitrogen and oxygen atoms in total. The normalized spacial score (nSPS) is 23.5. The minimum absolute atomic E-state index is 0.0296. The number of rotatable bonds is 6. The Bertz CT molecular complexity index is 1120. The third kappa shape index (κ3) is 4.70. The fraction of sp³-hybridized carbons (Fsp3) is 0.615. The van der Waals surface area contributed by atoms with Gasteiger partial charge < -0.3 is 20.7 Å². The molecule has 36 heavy (non-hydrogen) atoms. The van der Waals surface area contributed by atoms with E-state index >= 15 is 4.39 Å². The van der Waals surface area contributed by atoms with Crippen molar-refractivity contribution in [1.82, 2.24) is 15.6 Å². The molecule has 1 atom stereocenters. The second-order valence-electron chi connectivity index (χ2n) is 10.5. The first-order chi connectivity index (χ1) is 17.4. The van der Waals surface area contributed by atoms with E-state index in [0.717, 1.165) is 38.5 Å². The van der Waals surface area contributed by atoms with Crippen molar-refractivity contribution in [2.45, 2.75) is 70.3 Å². The Kier molecular flexibility index (Phi) is 6.96. The van der Waals surface area contributed by atoms with E-state index in [0.29, 0.717) is 54.7 Å². The maximum Gasteiger partial charge on any atom is 0.276 e. The van der Waals surface area contributed by atoms with Crippen LogP contribution in [0.5, 0.6) is 0 Å². The van der Waals surface area contributed by atoms with Crippen molar-refractivity contribution in [3.63, 3.8) is 0 Å². The third-order valence-corrected chi connectivity index (χ3v) is 8.16. The minimum Gasteiger partial charge on any atom is -0.384 e. The van der Waals surface area contributed by atoms with Crippen molar-refractivity contribution in [3.8, 4) is 0 Å². The molecule has 2 amide bonds. The van der Waals surface area contributed by atoms with Crippen molar-refractivity contribution < 1.29 is 23.3 Å². The van der Waals surface area contributed by atoms with Crippen molar-refractivity contribution >= 4 is 23.2 Å². The Morgan fingerprint density at radius 2 is 1.94 bits per heavy atom. The first-order valence-electron chi connectivity index (χ1n) is 13.0. The van der Waals surface area contributed by atoms with E-state index in [2.05, 4.69) is 33.2 Å². The molecule has 194 valence electrons. The van der Waals surface area contributed by atoms with E-state index in [9.17, 15) is 9.59 Å². The van der Waals surface area contributed by atoms with Gasteiger partial charge in [-0.25, -0.2) is 9.02 Å². The summed E-state index contributed by atoms with van der Waals surface area (Å²) in [5.41, 5.74) is 2.03. The molecule has 1 spiro atoms. The number of hydrogen-bond donors (Lipinski definition) is 3. The quantitative estimate of drug-likeness (QED) is 0.553. The van der Waals surface area contributed by atoms with Crippen molar-refractivity contribution in [3.05, 3.63) is 34.9 Å². The number of halogens is 1. The smallest absolute Gasteiger partial charge is 0.276 e. The van der Waals surface area contributed by atoms with Crippen LogP contribution in [0.4, 0.5) is 15.8 Å². The lowest BCUT2D eigenvalue weighted by Gasteiger charge is -2.33. The number of carbonyl (C=O) groups excluding carboxylic acids is 2. The largest absolute Gasteiger partial charge is 0.384 e. The molecular weight excluding hydrogens is 465 g/mol. The number of carbonyl (C=O) groups is 2. The maximum absolute atomic E-state index is 15.4. The van der Waals surface area contributed by atoms with Crippen LogP contribution in [0.1, 0.15) is 74.1 Å². The van der Waals surface area contributed by atoms with Crippen molar-refractivity contribution in [2.75, 3.05) is 30.4 Å². The van der Waals surface area contributed by atoms with Gasteiger partial charge in [0.2, 0.25) is 5.91 Å². The SMILES string of the molecule is CCc1nonc1C(=O)N[C@H](C(=O)Nc1cc(F)c2c(c1)NCC21CCOCC1)C1CCC(C)CC1. The molecule has 1 saturated heterocycles. The molecule has 5 rings (SSSR count). The van der Waals surface area contributed by atoms with Gasteiger partial charge in [-0.2, -0.15) is 0 Å². The van der Waals surface area contributed by atoms with Crippen molar-refractivity contribution in [2.24, 2.45) is 11.8 Å². The monoisotopic (exact) mass is 499 g/mol. The highest BCUT2D eigenvalue weighted by Crippen LogP contribution is 2.46. The predicted molar refractivity (Wildman–Crippen MR) is 131 cm³/mol. The van der Waals surface area contributed by atoms with Gasteiger partial charge in [0, 0.05) is 42.1 Å². The molecule has 0 bridgehead atoms. The number of ether oxygens (including phenoxy) is 1. The van der Waals surface area contributed by atoms with Crippen LogP contribution < -0.4 is 16.0 Å². The number of nitrogens with zero attached hydrogens (tertiary/aromatic N) is 2. The molecule has 3 heterocycles. The van der Waals surface area contributed by atoms with E-state index in [4.69, 9.17) is 9.37 Å². The Balaban J connectivity index is 1.36. The molecule has 3 aliphatic rings. The fourth-order valence-electron chi connectivity index (χ4n) is 5.96. The zero-order valence-corrected chi connectivity index (χ0v) is 20.9. The standard InChI is InChI=1S/C26H34FN5O4/c1-3-19-23(32-36-31-19)25(34)30-22(16-6-4-15(2)5-7-16)24(33)29-17-12-18(27)21-20(13-17)28-14-26(21)8-10-35-11-9-26/h12-13,15-16,22,28H,3-11,14H2,1-2H3,(H,29,33)(H,30,34)/t15?,16?,22-/m0/s1. The van der Waals surface area contributed by atoms with Crippen LogP contribution in [0.15, 0.2) is 16.8 Å². The molecule has 1 aliphatic carbocycles. The number of hydrogen-bond acceptors (Lipinski definition) is 7. The summed E-state index contributed by atoms with van der Waals surface area (Å²) in [6.07, 6.45) is 5.63. The van der Waals surface area contributed by atoms with Gasteiger partial charge in [0.05, 0.1) is 0 Å². The van der Waals surface area contributed by atoms with Crippen LogP contribution in [-0.4, -0.2) is 47.9 Å². The van der Waals surface area contributed by atoms with Gasteiger partial charge in [-0.15, -0.1) is 0 Å². The topological polar surface area (TPSA) is 118 Å². The lowest BCUT2D eigenvalue weighted by molar-refractivity contribution is -0.119. The number of aryl methyl sites for hydroxylation is 1. The summed E-state index contributed by atoms with van der Waals surface area (Å²) in [5, 5.41) is 16.6. The predicted octanol–water partition coefficient (Wildman–Crippen LogP) is 3.81. The van der Waals surface area contributed by atoms with Crippen LogP contribution in [0.3, 0.4) is 0 Å². The lowest BCUT2D eigenvalue weighted by Crippen LogP contribution is -2.49. The summed E-state index contributed by atoms with van der Waals surface area (Å²) in [5.74, 6) is -0.631. The maximum atomic E-state index is 15.4. The fourth-order valence-corrected chi connectivity index (χ4v) is 5.96. The molecule has 3 N–H and O–H groups in total. The van der Waals surface area contributed by atoms with Crippen LogP contribution >= 0.6 is 0 Å². The molecule has 0 unspecified atom stereocenters. The molecule has 2 aromatic rings. The van der Waals surface area contributed by atoms with E-state index in [1.165, 1.54) is 6.07 Å². The number of nitrogens with one attached hydrogen (secondary N) is 3. The van der Waals surface area contributed by atoms with E-state index in [1.807, 2.05) is 6.92 Å². The molecule has 2 fully saturated rings. The van der Waals surface area contributed by atoms with Gasteiger partial charge in [-0.3, -0.25) is 9.59 Å². The van der Waals surface area contributed by atoms with Gasteiger partial charge in [-0.1, -0.05) is 31.8 Å². The number of aromatic nitrogens is 2. The third-order valence-electron chi connectivity index (χ3n) is 8.16. The van der Waals surface area contributed by atoms with Gasteiger partial charge >= 0.3 is 0 Å². The molecule has 1 saturated carbocycles. The Morgan fingerprint density at radius 3 is 2.67 bits per heavy atom. The molecule has 1 aromatic heterocycles. The van der Waals surface area contributed by atoms with E-state index in [1.54, 1.807) is 6.07 Å². The van der Waals surface area contributed by atoms with Crippen molar-refractivity contribution in [1.29, 1.82) is 0 Å². The average Bonchev–Trinajstić information content (AvgIpc) is 3.49. The number of anilines is 2. The summed E-state index contributed by atoms with van der Waals surface area (Å²) >= 11 is 0. The second kappa shape index (κ2) is 10.2. The summed E-state index contributed by atoms with van der Waals surface area (Å²) in [4.78, 5) is 26.5. The summed E-state index contributed by atoms with van der Waals surface area (Å²) in [7, 11) is 0. The van der Waals surface area contributed by atoms with Crippen LogP contribution in [-0.2, 0) is 21.4 Å². The van der Waals surface area contributed by atoms with Gasteiger partial charge in [-0.05, 0) is 61.2 Å². The molecule has 0 radical (unpaired) electrons. The second-order valence-corrected chi connectivity index (χ2v) is 10.5. The zero-order valence-electron chi connectivity index (χ0n) is 20.9. The molecular formula is C26H34FN5O4. The number of amides is 2. The zero-order chi connectivity index (χ0) is 25.3. The summed E-state index contributed by atoms with van der Waals surface area (Å²) < 4.78 is 25.6. The minimum atomic E-state index is -0.780. The van der Waals surface area contributed by atoms with E-state index in [-0.39, 0.29) is 28.8 Å².